The molecule has 100 valence electrons. The number of halogens is 3. The predicted molar refractivity (Wildman–Crippen MR) is 65.8 cm³/mol. The number of rotatable bonds is 5. The second-order valence-corrected chi connectivity index (χ2v) is 3.92. The molecule has 3 nitrogen and oxygen atoms in total. The van der Waals surface area contributed by atoms with E-state index < -0.39 is 17.9 Å². The number of nitrogens with two attached hydrogens (primary N) is 1. The Morgan fingerprint density at radius 3 is 2.28 bits per heavy atom. The third kappa shape index (κ3) is 3.65. The van der Waals surface area contributed by atoms with Crippen LogP contribution in [0.3, 0.4) is 0 Å². The molecule has 0 amide bonds. The first-order valence-electron chi connectivity index (χ1n) is 5.57. The van der Waals surface area contributed by atoms with Crippen molar-refractivity contribution < 1.29 is 13.2 Å². The van der Waals surface area contributed by atoms with Gasteiger partial charge in [-0.15, -0.1) is 0 Å². The fourth-order valence-electron chi connectivity index (χ4n) is 1.65. The lowest BCUT2D eigenvalue weighted by Crippen LogP contribution is -2.44. The summed E-state index contributed by atoms with van der Waals surface area (Å²) < 4.78 is 38.2. The van der Waals surface area contributed by atoms with Crippen LogP contribution in [0.2, 0.25) is 0 Å². The van der Waals surface area contributed by atoms with Crippen LogP contribution < -0.4 is 10.6 Å². The third-order valence-electron chi connectivity index (χ3n) is 2.68. The van der Waals surface area contributed by atoms with Crippen LogP contribution >= 0.6 is 0 Å². The van der Waals surface area contributed by atoms with Gasteiger partial charge in [0.1, 0.15) is 11.8 Å². The second-order valence-electron chi connectivity index (χ2n) is 3.92. The molecular formula is C12H16F3N3. The summed E-state index contributed by atoms with van der Waals surface area (Å²) in [7, 11) is 0. The van der Waals surface area contributed by atoms with E-state index in [1.165, 1.54) is 0 Å². The van der Waals surface area contributed by atoms with Gasteiger partial charge in [0.25, 0.3) is 0 Å². The molecule has 0 bridgehead atoms. The molecule has 0 aliphatic rings. The molecule has 6 heteroatoms. The summed E-state index contributed by atoms with van der Waals surface area (Å²) in [5.41, 5.74) is 5.73. The van der Waals surface area contributed by atoms with Gasteiger partial charge in [-0.1, -0.05) is 18.2 Å². The molecule has 0 aliphatic carbocycles. The lowest BCUT2D eigenvalue weighted by Gasteiger charge is -2.29. The van der Waals surface area contributed by atoms with Crippen molar-refractivity contribution in [3.8, 4) is 0 Å². The zero-order valence-electron chi connectivity index (χ0n) is 10.0. The van der Waals surface area contributed by atoms with E-state index in [1.54, 1.807) is 42.2 Å². The molecular weight excluding hydrogens is 243 g/mol. The van der Waals surface area contributed by atoms with E-state index in [1.807, 2.05) is 0 Å². The highest BCUT2D eigenvalue weighted by Crippen LogP contribution is 2.28. The SMILES string of the molecule is CCN(CC(C(=N)N)C(F)(F)F)c1ccccc1. The third-order valence-corrected chi connectivity index (χ3v) is 2.68. The first-order chi connectivity index (χ1) is 8.36. The maximum Gasteiger partial charge on any atom is 0.400 e. The molecule has 0 saturated carbocycles. The van der Waals surface area contributed by atoms with Gasteiger partial charge < -0.3 is 10.6 Å². The maximum atomic E-state index is 12.7. The molecule has 1 aromatic rings. The standard InChI is InChI=1S/C12H16F3N3/c1-2-18(9-6-4-3-5-7-9)8-10(11(16)17)12(13,14)15/h3-7,10H,2,8H2,1H3,(H3,16,17). The van der Waals surface area contributed by atoms with Gasteiger partial charge in [-0.2, -0.15) is 13.2 Å². The highest BCUT2D eigenvalue weighted by Gasteiger charge is 2.42. The number of alkyl halides is 3. The van der Waals surface area contributed by atoms with Crippen LogP contribution in [0.5, 0.6) is 0 Å². The number of amidine groups is 1. The van der Waals surface area contributed by atoms with Crippen molar-refractivity contribution >= 4 is 11.5 Å². The molecule has 0 aliphatic heterocycles. The molecule has 0 fully saturated rings. The Bertz CT molecular complexity index is 389. The molecule has 3 N–H and O–H groups in total. The minimum Gasteiger partial charge on any atom is -0.387 e. The van der Waals surface area contributed by atoms with Crippen molar-refractivity contribution in [3.63, 3.8) is 0 Å². The Labute approximate surface area is 104 Å². The van der Waals surface area contributed by atoms with Crippen LogP contribution in [0.1, 0.15) is 6.92 Å². The zero-order valence-corrected chi connectivity index (χ0v) is 10.0. The summed E-state index contributed by atoms with van der Waals surface area (Å²) in [5.74, 6) is -2.78. The van der Waals surface area contributed by atoms with Gasteiger partial charge in [0, 0.05) is 18.8 Å². The van der Waals surface area contributed by atoms with Gasteiger partial charge in [-0.05, 0) is 19.1 Å². The average molecular weight is 259 g/mol. The molecule has 1 aromatic carbocycles. The van der Waals surface area contributed by atoms with E-state index in [4.69, 9.17) is 11.1 Å². The maximum absolute atomic E-state index is 12.7. The molecule has 0 spiro atoms. The van der Waals surface area contributed by atoms with Crippen molar-refractivity contribution in [3.05, 3.63) is 30.3 Å². The van der Waals surface area contributed by atoms with Crippen molar-refractivity contribution in [2.24, 2.45) is 11.7 Å². The van der Waals surface area contributed by atoms with Crippen LogP contribution in [-0.2, 0) is 0 Å². The van der Waals surface area contributed by atoms with E-state index >= 15 is 0 Å². The number of anilines is 1. The summed E-state index contributed by atoms with van der Waals surface area (Å²) in [5, 5.41) is 7.07. The molecule has 0 aromatic heterocycles. The summed E-state index contributed by atoms with van der Waals surface area (Å²) in [6, 6.07) is 8.78. The highest BCUT2D eigenvalue weighted by atomic mass is 19.4. The Kier molecular flexibility index (Phi) is 4.58. The largest absolute Gasteiger partial charge is 0.400 e. The fraction of sp³-hybridized carbons (Fsp3) is 0.417. The number of hydrogen-bond acceptors (Lipinski definition) is 2. The molecule has 0 radical (unpaired) electrons. The van der Waals surface area contributed by atoms with Gasteiger partial charge in [0.15, 0.2) is 0 Å². The topological polar surface area (TPSA) is 53.1 Å². The minimum absolute atomic E-state index is 0.334. The minimum atomic E-state index is -4.49. The van der Waals surface area contributed by atoms with E-state index in [9.17, 15) is 13.2 Å². The summed E-state index contributed by atoms with van der Waals surface area (Å²) in [6.45, 7) is 1.85. The first-order valence-corrected chi connectivity index (χ1v) is 5.57. The lowest BCUT2D eigenvalue weighted by molar-refractivity contribution is -0.153. The molecule has 18 heavy (non-hydrogen) atoms. The van der Waals surface area contributed by atoms with Crippen LogP contribution in [0, 0.1) is 11.3 Å². The van der Waals surface area contributed by atoms with Crippen LogP contribution in [0.15, 0.2) is 30.3 Å². The molecule has 1 unspecified atom stereocenters. The van der Waals surface area contributed by atoms with Gasteiger partial charge in [0.2, 0.25) is 0 Å². The van der Waals surface area contributed by atoms with Gasteiger partial charge in [-0.25, -0.2) is 0 Å². The van der Waals surface area contributed by atoms with Gasteiger partial charge in [0.05, 0.1) is 0 Å². The molecule has 1 rings (SSSR count). The number of para-hydroxylation sites is 1. The first kappa shape index (κ1) is 14.3. The van der Waals surface area contributed by atoms with Crippen molar-refractivity contribution in [1.29, 1.82) is 5.41 Å². The lowest BCUT2D eigenvalue weighted by atomic mass is 10.1. The number of hydrogen-bond donors (Lipinski definition) is 2. The Hall–Kier alpha value is -1.72. The van der Waals surface area contributed by atoms with Crippen LogP contribution in [0.4, 0.5) is 18.9 Å². The highest BCUT2D eigenvalue weighted by molar-refractivity contribution is 5.81. The Morgan fingerprint density at radius 2 is 1.89 bits per heavy atom. The monoisotopic (exact) mass is 259 g/mol. The Balaban J connectivity index is 2.88. The second kappa shape index (κ2) is 5.75. The van der Waals surface area contributed by atoms with E-state index in [0.717, 1.165) is 0 Å². The normalized spacial score (nSPS) is 13.1. The molecule has 0 saturated heterocycles. The smallest absolute Gasteiger partial charge is 0.387 e. The van der Waals surface area contributed by atoms with Gasteiger partial charge >= 0.3 is 6.18 Å². The van der Waals surface area contributed by atoms with Crippen molar-refractivity contribution in [2.45, 2.75) is 13.1 Å². The zero-order chi connectivity index (χ0) is 13.8. The molecule has 0 heterocycles. The van der Waals surface area contributed by atoms with E-state index in [0.29, 0.717) is 12.2 Å². The van der Waals surface area contributed by atoms with Crippen molar-refractivity contribution in [2.75, 3.05) is 18.0 Å². The number of nitrogens with zero attached hydrogens (tertiary/aromatic N) is 1. The number of nitrogens with one attached hydrogen (secondary N) is 1. The number of benzene rings is 1. The summed E-state index contributed by atoms with van der Waals surface area (Å²) in [4.78, 5) is 1.56. The average Bonchev–Trinajstić information content (AvgIpc) is 2.29. The summed E-state index contributed by atoms with van der Waals surface area (Å²) in [6.07, 6.45) is -4.49. The van der Waals surface area contributed by atoms with Crippen molar-refractivity contribution in [1.82, 2.24) is 0 Å². The Morgan fingerprint density at radius 1 is 1.33 bits per heavy atom. The van der Waals surface area contributed by atoms with E-state index in [-0.39, 0.29) is 6.54 Å². The van der Waals surface area contributed by atoms with E-state index in [2.05, 4.69) is 0 Å². The summed E-state index contributed by atoms with van der Waals surface area (Å²) >= 11 is 0. The van der Waals surface area contributed by atoms with Gasteiger partial charge in [-0.3, -0.25) is 5.41 Å². The quantitative estimate of drug-likeness (QED) is 0.631. The van der Waals surface area contributed by atoms with Crippen LogP contribution in [0.25, 0.3) is 0 Å². The fourth-order valence-corrected chi connectivity index (χ4v) is 1.65. The van der Waals surface area contributed by atoms with Crippen LogP contribution in [-0.4, -0.2) is 25.1 Å². The predicted octanol–water partition coefficient (Wildman–Crippen LogP) is 2.63. The molecule has 1 atom stereocenters.